The molecule has 0 bridgehead atoms. The number of benzene rings is 2. The zero-order chi connectivity index (χ0) is 22.0. The molecule has 0 fully saturated rings. The Labute approximate surface area is 183 Å². The van der Waals surface area contributed by atoms with Crippen LogP contribution in [0.3, 0.4) is 0 Å². The van der Waals surface area contributed by atoms with Gasteiger partial charge in [0.05, 0.1) is 30.8 Å². The molecule has 2 aromatic carbocycles. The summed E-state index contributed by atoms with van der Waals surface area (Å²) in [7, 11) is 2.52. The number of ether oxygens (including phenoxy) is 2. The Bertz CT molecular complexity index is 1260. The first-order valence-corrected chi connectivity index (χ1v) is 9.70. The molecule has 0 saturated carbocycles. The van der Waals surface area contributed by atoms with Crippen LogP contribution in [-0.4, -0.2) is 36.1 Å². The minimum Gasteiger partial charge on any atom is -0.465 e. The van der Waals surface area contributed by atoms with Gasteiger partial charge in [-0.3, -0.25) is 0 Å². The molecule has 0 saturated heterocycles. The maximum atomic E-state index is 12.6. The van der Waals surface area contributed by atoms with Crippen molar-refractivity contribution in [3.05, 3.63) is 83.2 Å². The summed E-state index contributed by atoms with van der Waals surface area (Å²) in [6.45, 7) is 0. The number of rotatable bonds is 4. The Hall–Kier alpha value is -3.84. The number of carbonyl (C=O) groups excluding carboxylic acids is 2. The third kappa shape index (κ3) is 3.95. The van der Waals surface area contributed by atoms with Crippen LogP contribution in [0.25, 0.3) is 22.4 Å². The lowest BCUT2D eigenvalue weighted by Gasteiger charge is -2.23. The molecule has 7 nitrogen and oxygen atoms in total. The highest BCUT2D eigenvalue weighted by Crippen LogP contribution is 2.30. The monoisotopic (exact) mass is 435 g/mol. The van der Waals surface area contributed by atoms with Crippen LogP contribution in [0.5, 0.6) is 0 Å². The van der Waals surface area contributed by atoms with Crippen molar-refractivity contribution in [2.45, 2.75) is 0 Å². The third-order valence-corrected chi connectivity index (χ3v) is 5.00. The largest absolute Gasteiger partial charge is 0.465 e. The van der Waals surface area contributed by atoms with E-state index in [1.54, 1.807) is 35.4 Å². The normalized spacial score (nSPS) is 13.5. The zero-order valence-electron chi connectivity index (χ0n) is 16.8. The van der Waals surface area contributed by atoms with Crippen LogP contribution in [0.15, 0.2) is 78.2 Å². The van der Waals surface area contributed by atoms with E-state index in [9.17, 15) is 9.59 Å². The fraction of sp³-hybridized carbons (Fsp3) is 0.0870. The standard InChI is InChI=1S/C23H18ClN3O4/c1-30-22(28)17-5-3-4-12-27(20(17)23(29)31-2)16-10-11-18-19(13-16)26-21(25-18)14-6-8-15(24)9-7-14/h3-13H,1-2H3,(H,25,26). The summed E-state index contributed by atoms with van der Waals surface area (Å²) in [4.78, 5) is 34.4. The lowest BCUT2D eigenvalue weighted by atomic mass is 10.1. The molecule has 4 rings (SSSR count). The van der Waals surface area contributed by atoms with E-state index >= 15 is 0 Å². The van der Waals surface area contributed by atoms with Crippen LogP contribution in [0.2, 0.25) is 5.02 Å². The Balaban J connectivity index is 1.81. The number of imidazole rings is 1. The smallest absolute Gasteiger partial charge is 0.355 e. The number of methoxy groups -OCH3 is 2. The van der Waals surface area contributed by atoms with Crippen molar-refractivity contribution < 1.29 is 19.1 Å². The molecule has 0 spiro atoms. The van der Waals surface area contributed by atoms with Crippen molar-refractivity contribution in [2.24, 2.45) is 0 Å². The Morgan fingerprint density at radius 1 is 1.00 bits per heavy atom. The van der Waals surface area contributed by atoms with E-state index in [2.05, 4.69) is 9.97 Å². The fourth-order valence-corrected chi connectivity index (χ4v) is 3.38. The van der Waals surface area contributed by atoms with Gasteiger partial charge in [0.1, 0.15) is 11.5 Å². The number of nitrogens with zero attached hydrogens (tertiary/aromatic N) is 2. The lowest BCUT2D eigenvalue weighted by molar-refractivity contribution is -0.139. The Morgan fingerprint density at radius 2 is 1.74 bits per heavy atom. The summed E-state index contributed by atoms with van der Waals surface area (Å²) in [5, 5.41) is 0.646. The van der Waals surface area contributed by atoms with Gasteiger partial charge in [-0.05, 0) is 54.6 Å². The van der Waals surface area contributed by atoms with E-state index in [0.717, 1.165) is 16.6 Å². The molecule has 1 aliphatic heterocycles. The van der Waals surface area contributed by atoms with E-state index in [0.29, 0.717) is 16.5 Å². The first kappa shape index (κ1) is 20.4. The highest BCUT2D eigenvalue weighted by atomic mass is 35.5. The average Bonchev–Trinajstić information content (AvgIpc) is 3.09. The van der Waals surface area contributed by atoms with Gasteiger partial charge in [-0.25, -0.2) is 14.6 Å². The minimum atomic E-state index is -0.664. The first-order chi connectivity index (χ1) is 15.0. The number of allylic oxidation sites excluding steroid dienone is 2. The second kappa shape index (κ2) is 8.49. The maximum absolute atomic E-state index is 12.6. The van der Waals surface area contributed by atoms with E-state index in [1.807, 2.05) is 30.3 Å². The van der Waals surface area contributed by atoms with E-state index in [1.165, 1.54) is 20.3 Å². The number of anilines is 1. The Kier molecular flexibility index (Phi) is 5.60. The number of carbonyl (C=O) groups is 2. The third-order valence-electron chi connectivity index (χ3n) is 4.75. The fourth-order valence-electron chi connectivity index (χ4n) is 3.26. The van der Waals surface area contributed by atoms with Crippen molar-refractivity contribution in [1.29, 1.82) is 0 Å². The molecule has 0 unspecified atom stereocenters. The molecule has 1 aromatic heterocycles. The van der Waals surface area contributed by atoms with Crippen LogP contribution >= 0.6 is 11.6 Å². The molecule has 3 aromatic rings. The number of fused-ring (bicyclic) bond motifs is 1. The van der Waals surface area contributed by atoms with Gasteiger partial charge >= 0.3 is 11.9 Å². The summed E-state index contributed by atoms with van der Waals surface area (Å²) in [6, 6.07) is 12.8. The van der Waals surface area contributed by atoms with Crippen LogP contribution in [-0.2, 0) is 19.1 Å². The molecule has 31 heavy (non-hydrogen) atoms. The minimum absolute atomic E-state index is 0.0520. The average molecular weight is 436 g/mol. The zero-order valence-corrected chi connectivity index (χ0v) is 17.5. The lowest BCUT2D eigenvalue weighted by Crippen LogP contribution is -2.26. The van der Waals surface area contributed by atoms with E-state index < -0.39 is 11.9 Å². The van der Waals surface area contributed by atoms with Crippen molar-refractivity contribution in [1.82, 2.24) is 9.97 Å². The van der Waals surface area contributed by atoms with Crippen molar-refractivity contribution in [3.63, 3.8) is 0 Å². The van der Waals surface area contributed by atoms with Crippen molar-refractivity contribution in [3.8, 4) is 11.4 Å². The SMILES string of the molecule is COC(=O)C1=C(C(=O)OC)N(c2ccc3nc(-c4ccc(Cl)cc4)[nH]c3c2)C=CC=C1. The first-order valence-electron chi connectivity index (χ1n) is 9.32. The van der Waals surface area contributed by atoms with Crippen LogP contribution < -0.4 is 4.90 Å². The highest BCUT2D eigenvalue weighted by molar-refractivity contribution is 6.30. The van der Waals surface area contributed by atoms with Crippen molar-refractivity contribution >= 4 is 40.3 Å². The predicted octanol–water partition coefficient (Wildman–Crippen LogP) is 4.37. The molecular formula is C23H18ClN3O4. The summed E-state index contributed by atoms with van der Waals surface area (Å²) in [5.41, 5.74) is 3.19. The van der Waals surface area contributed by atoms with Gasteiger partial charge in [-0.2, -0.15) is 0 Å². The van der Waals surface area contributed by atoms with Crippen LogP contribution in [0.1, 0.15) is 0 Å². The van der Waals surface area contributed by atoms with Gasteiger partial charge in [0.25, 0.3) is 0 Å². The summed E-state index contributed by atoms with van der Waals surface area (Å²) < 4.78 is 9.79. The highest BCUT2D eigenvalue weighted by Gasteiger charge is 2.27. The number of aromatic amines is 1. The van der Waals surface area contributed by atoms with Gasteiger partial charge in [-0.1, -0.05) is 17.7 Å². The molecule has 1 N–H and O–H groups in total. The topological polar surface area (TPSA) is 84.5 Å². The number of H-pyrrole nitrogens is 1. The van der Waals surface area contributed by atoms with Crippen molar-refractivity contribution in [2.75, 3.05) is 19.1 Å². The molecular weight excluding hydrogens is 418 g/mol. The quantitative estimate of drug-likeness (QED) is 0.612. The molecule has 8 heteroatoms. The number of hydrogen-bond acceptors (Lipinski definition) is 6. The second-order valence-corrected chi connectivity index (χ2v) is 7.05. The van der Waals surface area contributed by atoms with Gasteiger partial charge in [0, 0.05) is 22.5 Å². The molecule has 0 amide bonds. The molecule has 1 aliphatic rings. The van der Waals surface area contributed by atoms with E-state index in [4.69, 9.17) is 21.1 Å². The van der Waals surface area contributed by atoms with Gasteiger partial charge < -0.3 is 19.4 Å². The molecule has 0 aliphatic carbocycles. The molecule has 2 heterocycles. The van der Waals surface area contributed by atoms with Gasteiger partial charge in [-0.15, -0.1) is 0 Å². The maximum Gasteiger partial charge on any atom is 0.355 e. The Morgan fingerprint density at radius 3 is 2.45 bits per heavy atom. The number of halogens is 1. The molecule has 0 radical (unpaired) electrons. The number of nitrogens with one attached hydrogen (secondary N) is 1. The predicted molar refractivity (Wildman–Crippen MR) is 118 cm³/mol. The van der Waals surface area contributed by atoms with Crippen LogP contribution in [0, 0.1) is 0 Å². The summed E-state index contributed by atoms with van der Waals surface area (Å²) in [5.74, 6) is -0.614. The molecule has 0 atom stereocenters. The number of esters is 2. The second-order valence-electron chi connectivity index (χ2n) is 6.61. The number of hydrogen-bond donors (Lipinski definition) is 1. The van der Waals surface area contributed by atoms with Gasteiger partial charge in [0.2, 0.25) is 0 Å². The summed E-state index contributed by atoms with van der Waals surface area (Å²) >= 11 is 5.97. The van der Waals surface area contributed by atoms with Gasteiger partial charge in [0.15, 0.2) is 0 Å². The molecule has 156 valence electrons. The number of aromatic nitrogens is 2. The summed E-state index contributed by atoms with van der Waals surface area (Å²) in [6.07, 6.45) is 6.57. The van der Waals surface area contributed by atoms with E-state index in [-0.39, 0.29) is 11.3 Å². The van der Waals surface area contributed by atoms with Crippen LogP contribution in [0.4, 0.5) is 5.69 Å².